The Hall–Kier alpha value is -2.58. The zero-order valence-electron chi connectivity index (χ0n) is 11.7. The predicted octanol–water partition coefficient (Wildman–Crippen LogP) is 4.41. The van der Waals surface area contributed by atoms with Crippen molar-refractivity contribution in [3.8, 4) is 11.3 Å². The van der Waals surface area contributed by atoms with Crippen LogP contribution < -0.4 is 0 Å². The van der Waals surface area contributed by atoms with Gasteiger partial charge in [-0.15, -0.1) is 0 Å². The van der Waals surface area contributed by atoms with E-state index in [0.29, 0.717) is 12.1 Å². The van der Waals surface area contributed by atoms with Crippen LogP contribution in [0.5, 0.6) is 0 Å². The van der Waals surface area contributed by atoms with Gasteiger partial charge in [-0.2, -0.15) is 26.3 Å². The summed E-state index contributed by atoms with van der Waals surface area (Å²) in [5.41, 5.74) is -3.19. The third-order valence-corrected chi connectivity index (χ3v) is 3.07. The Balaban J connectivity index is 2.64. The number of carboxylic acid groups (broad SMARTS) is 1. The molecule has 0 fully saturated rings. The Bertz CT molecular complexity index is 767. The van der Waals surface area contributed by atoms with Gasteiger partial charge >= 0.3 is 18.3 Å². The second kappa shape index (κ2) is 6.14. The van der Waals surface area contributed by atoms with Crippen molar-refractivity contribution in [1.82, 2.24) is 4.98 Å². The molecule has 24 heavy (non-hydrogen) atoms. The van der Waals surface area contributed by atoms with Gasteiger partial charge in [0.1, 0.15) is 5.69 Å². The molecule has 0 aliphatic rings. The Kier molecular flexibility index (Phi) is 4.54. The van der Waals surface area contributed by atoms with E-state index in [1.165, 1.54) is 0 Å². The van der Waals surface area contributed by atoms with Gasteiger partial charge in [-0.3, -0.25) is 4.79 Å². The fourth-order valence-electron chi connectivity index (χ4n) is 2.04. The van der Waals surface area contributed by atoms with E-state index in [2.05, 4.69) is 4.98 Å². The molecule has 0 amide bonds. The maximum atomic E-state index is 12.8. The zero-order valence-corrected chi connectivity index (χ0v) is 11.7. The van der Waals surface area contributed by atoms with Crippen LogP contribution in [0.15, 0.2) is 36.4 Å². The van der Waals surface area contributed by atoms with Crippen molar-refractivity contribution < 1.29 is 36.2 Å². The van der Waals surface area contributed by atoms with E-state index in [-0.39, 0.29) is 11.1 Å². The lowest BCUT2D eigenvalue weighted by Gasteiger charge is -2.13. The molecule has 1 aromatic carbocycles. The van der Waals surface area contributed by atoms with Gasteiger partial charge in [-0.1, -0.05) is 18.2 Å². The first-order valence-corrected chi connectivity index (χ1v) is 6.45. The highest BCUT2D eigenvalue weighted by molar-refractivity contribution is 5.75. The highest BCUT2D eigenvalue weighted by atomic mass is 19.4. The maximum Gasteiger partial charge on any atom is 0.433 e. The average Bonchev–Trinajstić information content (AvgIpc) is 2.45. The number of pyridine rings is 1. The van der Waals surface area contributed by atoms with Crippen LogP contribution in [-0.2, 0) is 23.6 Å². The van der Waals surface area contributed by atoms with Crippen LogP contribution in [0.1, 0.15) is 16.8 Å². The quantitative estimate of drug-likeness (QED) is 0.835. The summed E-state index contributed by atoms with van der Waals surface area (Å²) < 4.78 is 76.7. The molecule has 0 aliphatic heterocycles. The normalized spacial score (nSPS) is 12.2. The van der Waals surface area contributed by atoms with Gasteiger partial charge < -0.3 is 5.11 Å². The van der Waals surface area contributed by atoms with Gasteiger partial charge in [0.25, 0.3) is 0 Å². The minimum atomic E-state index is -4.81. The van der Waals surface area contributed by atoms with E-state index in [9.17, 15) is 31.1 Å². The molecule has 2 aromatic rings. The van der Waals surface area contributed by atoms with E-state index in [1.54, 1.807) is 0 Å². The zero-order chi connectivity index (χ0) is 18.1. The third kappa shape index (κ3) is 4.03. The first-order valence-electron chi connectivity index (χ1n) is 6.45. The van der Waals surface area contributed by atoms with Crippen molar-refractivity contribution in [2.75, 3.05) is 0 Å². The van der Waals surface area contributed by atoms with Crippen molar-refractivity contribution in [2.24, 2.45) is 0 Å². The fraction of sp³-hybridized carbons (Fsp3) is 0.200. The molecule has 2 rings (SSSR count). The standard InChI is InChI=1S/C15H9F6NO2/c16-14(17,18)10-3-1-2-8(6-10)13-9(7-12(23)24)4-5-11(22-13)15(19,20)21/h1-6H,7H2,(H,23,24). The van der Waals surface area contributed by atoms with Crippen molar-refractivity contribution in [3.63, 3.8) is 0 Å². The monoisotopic (exact) mass is 349 g/mol. The lowest BCUT2D eigenvalue weighted by Crippen LogP contribution is -2.11. The molecular formula is C15H9F6NO2. The summed E-state index contributed by atoms with van der Waals surface area (Å²) in [6.07, 6.45) is -10.2. The molecule has 0 spiro atoms. The fourth-order valence-corrected chi connectivity index (χ4v) is 2.04. The Labute approximate surface area is 131 Å². The largest absolute Gasteiger partial charge is 0.481 e. The van der Waals surface area contributed by atoms with Crippen molar-refractivity contribution >= 4 is 5.97 Å². The van der Waals surface area contributed by atoms with Crippen LogP contribution in [0.4, 0.5) is 26.3 Å². The summed E-state index contributed by atoms with van der Waals surface area (Å²) in [6, 6.07) is 5.05. The van der Waals surface area contributed by atoms with E-state index in [4.69, 9.17) is 5.11 Å². The number of carboxylic acids is 1. The number of benzene rings is 1. The number of rotatable bonds is 3. The summed E-state index contributed by atoms with van der Waals surface area (Å²) in [5, 5.41) is 8.82. The number of carbonyl (C=O) groups is 1. The number of nitrogens with zero attached hydrogens (tertiary/aromatic N) is 1. The SMILES string of the molecule is O=C(O)Cc1ccc(C(F)(F)F)nc1-c1cccc(C(F)(F)F)c1. The molecule has 0 atom stereocenters. The van der Waals surface area contributed by atoms with Crippen molar-refractivity contribution in [2.45, 2.75) is 18.8 Å². The maximum absolute atomic E-state index is 12.8. The molecular weight excluding hydrogens is 340 g/mol. The second-order valence-electron chi connectivity index (χ2n) is 4.85. The number of aromatic nitrogens is 1. The van der Waals surface area contributed by atoms with Gasteiger partial charge in [-0.05, 0) is 23.8 Å². The number of hydrogen-bond acceptors (Lipinski definition) is 2. The van der Waals surface area contributed by atoms with Gasteiger partial charge in [0.2, 0.25) is 0 Å². The number of hydrogen-bond donors (Lipinski definition) is 1. The molecule has 1 N–H and O–H groups in total. The third-order valence-electron chi connectivity index (χ3n) is 3.07. The van der Waals surface area contributed by atoms with Crippen molar-refractivity contribution in [3.05, 3.63) is 53.2 Å². The number of halogens is 6. The lowest BCUT2D eigenvalue weighted by atomic mass is 10.0. The smallest absolute Gasteiger partial charge is 0.433 e. The van der Waals surface area contributed by atoms with E-state index in [1.807, 2.05) is 0 Å². The average molecular weight is 349 g/mol. The van der Waals surface area contributed by atoms with Gasteiger partial charge in [0, 0.05) is 5.56 Å². The molecule has 0 aliphatic carbocycles. The molecule has 0 saturated carbocycles. The number of alkyl halides is 6. The van der Waals surface area contributed by atoms with Crippen LogP contribution in [0.3, 0.4) is 0 Å². The lowest BCUT2D eigenvalue weighted by molar-refractivity contribution is -0.141. The van der Waals surface area contributed by atoms with Crippen molar-refractivity contribution in [1.29, 1.82) is 0 Å². The molecule has 9 heteroatoms. The number of aliphatic carboxylic acids is 1. The summed E-state index contributed by atoms with van der Waals surface area (Å²) >= 11 is 0. The molecule has 3 nitrogen and oxygen atoms in total. The highest BCUT2D eigenvalue weighted by Crippen LogP contribution is 2.34. The summed E-state index contributed by atoms with van der Waals surface area (Å²) in [5.74, 6) is -1.34. The Morgan fingerprint density at radius 3 is 2.21 bits per heavy atom. The van der Waals surface area contributed by atoms with E-state index in [0.717, 1.165) is 24.3 Å². The van der Waals surface area contributed by atoms with Crippen LogP contribution in [-0.4, -0.2) is 16.1 Å². The van der Waals surface area contributed by atoms with Gasteiger partial charge in [0.15, 0.2) is 0 Å². The van der Waals surface area contributed by atoms with Crippen LogP contribution >= 0.6 is 0 Å². The molecule has 1 aromatic heterocycles. The summed E-state index contributed by atoms with van der Waals surface area (Å²) in [4.78, 5) is 14.2. The summed E-state index contributed by atoms with van der Waals surface area (Å²) in [6.45, 7) is 0. The van der Waals surface area contributed by atoms with Gasteiger partial charge in [0.05, 0.1) is 17.7 Å². The van der Waals surface area contributed by atoms with Gasteiger partial charge in [-0.25, -0.2) is 4.98 Å². The van der Waals surface area contributed by atoms with E-state index < -0.39 is 41.7 Å². The van der Waals surface area contributed by atoms with Crippen LogP contribution in [0.25, 0.3) is 11.3 Å². The topological polar surface area (TPSA) is 50.2 Å². The first-order chi connectivity index (χ1) is 11.0. The molecule has 0 radical (unpaired) electrons. The van der Waals surface area contributed by atoms with Crippen LogP contribution in [0.2, 0.25) is 0 Å². The molecule has 1 heterocycles. The first kappa shape index (κ1) is 17.8. The molecule has 0 bridgehead atoms. The minimum Gasteiger partial charge on any atom is -0.481 e. The summed E-state index contributed by atoms with van der Waals surface area (Å²) in [7, 11) is 0. The second-order valence-corrected chi connectivity index (χ2v) is 4.85. The molecule has 0 unspecified atom stereocenters. The van der Waals surface area contributed by atoms with Crippen LogP contribution in [0, 0.1) is 0 Å². The predicted molar refractivity (Wildman–Crippen MR) is 71.0 cm³/mol. The minimum absolute atomic E-state index is 0.116. The molecule has 128 valence electrons. The Morgan fingerprint density at radius 1 is 1.00 bits per heavy atom. The van der Waals surface area contributed by atoms with E-state index >= 15 is 0 Å². The molecule has 0 saturated heterocycles. The highest BCUT2D eigenvalue weighted by Gasteiger charge is 2.34. The Morgan fingerprint density at radius 2 is 1.67 bits per heavy atom.